The number of aliphatic hydroxyl groups is 3. The van der Waals surface area contributed by atoms with Crippen molar-refractivity contribution in [3.63, 3.8) is 0 Å². The van der Waals surface area contributed by atoms with Crippen LogP contribution in [0, 0.1) is 36.5 Å². The van der Waals surface area contributed by atoms with Gasteiger partial charge in [-0.15, -0.1) is 0 Å². The molecule has 1 unspecified atom stereocenters. The van der Waals surface area contributed by atoms with Crippen molar-refractivity contribution in [1.82, 2.24) is 0 Å². The molecule has 0 amide bonds. The van der Waals surface area contributed by atoms with Gasteiger partial charge in [0.25, 0.3) is 0 Å². The second kappa shape index (κ2) is 9.65. The predicted octanol–water partition coefficient (Wildman–Crippen LogP) is 6.60. The fourth-order valence-electron chi connectivity index (χ4n) is 8.46. The summed E-state index contributed by atoms with van der Waals surface area (Å²) in [5.74, 6) is -5.17. The molecule has 1 fully saturated rings. The van der Waals surface area contributed by atoms with Crippen molar-refractivity contribution in [1.29, 1.82) is 0 Å². The summed E-state index contributed by atoms with van der Waals surface area (Å²) in [5.41, 5.74) is -0.688. The zero-order chi connectivity index (χ0) is 32.1. The molecule has 7 nitrogen and oxygen atoms in total. The van der Waals surface area contributed by atoms with E-state index in [4.69, 9.17) is 0 Å². The van der Waals surface area contributed by atoms with Crippen LogP contribution in [-0.2, 0) is 20.8 Å². The fourth-order valence-corrected chi connectivity index (χ4v) is 8.46. The van der Waals surface area contributed by atoms with Gasteiger partial charge in [-0.2, -0.15) is 0 Å². The highest BCUT2D eigenvalue weighted by molar-refractivity contribution is 6.24. The van der Waals surface area contributed by atoms with Crippen molar-refractivity contribution < 1.29 is 34.8 Å². The van der Waals surface area contributed by atoms with Gasteiger partial charge in [-0.25, -0.2) is 0 Å². The number of aliphatic hydroxyl groups excluding tert-OH is 2. The van der Waals surface area contributed by atoms with E-state index < -0.39 is 56.8 Å². The standard InChI is InChI=1S/C36H42O7/c1-16(2)22-13-23(21-11-10-18(5)19(6)12-21)29(38)26-24(22)14-34(8)15-35(9)27(17(3)4)30(39)25(20(7)37)32(41)36(35,43)33(42)28(34)31(26)40/h10-13,16-17,27,38,40-41,43H,14-15H2,1-9H3/t27?,34-,35-,36+/m1/s1. The Labute approximate surface area is 253 Å². The maximum absolute atomic E-state index is 14.6. The Kier molecular flexibility index (Phi) is 6.90. The van der Waals surface area contributed by atoms with E-state index in [9.17, 15) is 34.8 Å². The number of fused-ring (bicyclic) bond motifs is 3. The minimum atomic E-state index is -2.63. The van der Waals surface area contributed by atoms with Crippen molar-refractivity contribution >= 4 is 23.1 Å². The largest absolute Gasteiger partial charge is 0.508 e. The van der Waals surface area contributed by atoms with Crippen molar-refractivity contribution in [2.45, 2.75) is 86.7 Å². The molecule has 4 atom stereocenters. The maximum atomic E-state index is 14.6. The summed E-state index contributed by atoms with van der Waals surface area (Å²) in [6.07, 6.45) is 0.332. The number of phenols is 1. The molecule has 0 aliphatic heterocycles. The van der Waals surface area contributed by atoms with E-state index in [1.54, 1.807) is 20.8 Å². The second-order valence-corrected chi connectivity index (χ2v) is 14.1. The van der Waals surface area contributed by atoms with Crippen LogP contribution in [0.5, 0.6) is 5.75 Å². The normalized spacial score (nSPS) is 28.8. The van der Waals surface area contributed by atoms with E-state index in [1.807, 2.05) is 58.9 Å². The van der Waals surface area contributed by atoms with E-state index in [1.165, 1.54) is 0 Å². The van der Waals surface area contributed by atoms with Crippen LogP contribution in [0.1, 0.15) is 88.6 Å². The zero-order valence-corrected chi connectivity index (χ0v) is 26.5. The molecule has 5 rings (SSSR count). The third kappa shape index (κ3) is 3.93. The monoisotopic (exact) mass is 586 g/mol. The molecule has 2 aromatic carbocycles. The summed E-state index contributed by atoms with van der Waals surface area (Å²) < 4.78 is 0. The van der Waals surface area contributed by atoms with E-state index in [0.717, 1.165) is 29.2 Å². The number of carbonyl (C=O) groups excluding carboxylic acids is 3. The van der Waals surface area contributed by atoms with Gasteiger partial charge in [-0.1, -0.05) is 59.7 Å². The molecule has 1 saturated carbocycles. The lowest BCUT2D eigenvalue weighted by Gasteiger charge is -2.60. The van der Waals surface area contributed by atoms with E-state index >= 15 is 0 Å². The van der Waals surface area contributed by atoms with Gasteiger partial charge in [0.05, 0.1) is 5.56 Å². The number of hydrogen-bond donors (Lipinski definition) is 4. The number of aryl methyl sites for hydroxylation is 2. The van der Waals surface area contributed by atoms with Crippen LogP contribution in [0.2, 0.25) is 0 Å². The SMILES string of the molecule is CC(=O)C1=C(O)[C@]2(O)C(=O)C3=C(O)c4c(O)c(-c5ccc(C)c(C)c5)cc(C(C)C)c4C[C@]3(C)C[C@]2(C)C(C(C)C)C1=O. The molecule has 4 N–H and O–H groups in total. The van der Waals surface area contributed by atoms with E-state index in [0.29, 0.717) is 11.1 Å². The van der Waals surface area contributed by atoms with Crippen LogP contribution in [0.15, 0.2) is 41.2 Å². The minimum Gasteiger partial charge on any atom is -0.508 e. The summed E-state index contributed by atoms with van der Waals surface area (Å²) >= 11 is 0. The molecular weight excluding hydrogens is 544 g/mol. The number of benzene rings is 2. The summed E-state index contributed by atoms with van der Waals surface area (Å²) in [6.45, 7) is 16.2. The Morgan fingerprint density at radius 2 is 1.60 bits per heavy atom. The minimum absolute atomic E-state index is 0.00850. The summed E-state index contributed by atoms with van der Waals surface area (Å²) in [4.78, 5) is 40.9. The second-order valence-electron chi connectivity index (χ2n) is 14.1. The highest BCUT2D eigenvalue weighted by Gasteiger charge is 2.72. The lowest BCUT2D eigenvalue weighted by atomic mass is 9.43. The first-order chi connectivity index (χ1) is 19.8. The number of ketones is 3. The number of phenolic OH excluding ortho intramolecular Hbond substituents is 1. The van der Waals surface area contributed by atoms with Crippen molar-refractivity contribution in [3.8, 4) is 16.9 Å². The van der Waals surface area contributed by atoms with Gasteiger partial charge in [-0.05, 0) is 79.3 Å². The summed E-state index contributed by atoms with van der Waals surface area (Å²) in [6, 6.07) is 7.78. The lowest BCUT2D eigenvalue weighted by Crippen LogP contribution is -2.69. The van der Waals surface area contributed by atoms with Crippen molar-refractivity contribution in [2.24, 2.45) is 22.7 Å². The van der Waals surface area contributed by atoms with Crippen LogP contribution in [0.3, 0.4) is 0 Å². The smallest absolute Gasteiger partial charge is 0.203 e. The van der Waals surface area contributed by atoms with Crippen LogP contribution >= 0.6 is 0 Å². The zero-order valence-electron chi connectivity index (χ0n) is 26.5. The van der Waals surface area contributed by atoms with Gasteiger partial charge in [0.15, 0.2) is 17.2 Å². The third-order valence-electron chi connectivity index (χ3n) is 10.5. The highest BCUT2D eigenvalue weighted by atomic mass is 16.3. The van der Waals surface area contributed by atoms with E-state index in [-0.39, 0.29) is 41.6 Å². The number of carbonyl (C=O) groups is 3. The molecule has 0 spiro atoms. The average molecular weight is 587 g/mol. The quantitative estimate of drug-likeness (QED) is 0.297. The molecule has 0 heterocycles. The van der Waals surface area contributed by atoms with Gasteiger partial charge in [-0.3, -0.25) is 14.4 Å². The molecule has 7 heteroatoms. The molecule has 3 aliphatic carbocycles. The maximum Gasteiger partial charge on any atom is 0.203 e. The molecule has 0 aromatic heterocycles. The average Bonchev–Trinajstić information content (AvgIpc) is 2.87. The third-order valence-corrected chi connectivity index (χ3v) is 10.5. The highest BCUT2D eigenvalue weighted by Crippen LogP contribution is 2.65. The van der Waals surface area contributed by atoms with Gasteiger partial charge < -0.3 is 20.4 Å². The molecule has 0 saturated heterocycles. The first kappa shape index (κ1) is 30.7. The van der Waals surface area contributed by atoms with Crippen LogP contribution < -0.4 is 0 Å². The first-order valence-electron chi connectivity index (χ1n) is 15.0. The van der Waals surface area contributed by atoms with Gasteiger partial charge in [0, 0.05) is 27.9 Å². The Balaban J connectivity index is 1.85. The molecule has 228 valence electrons. The van der Waals surface area contributed by atoms with Crippen molar-refractivity contribution in [3.05, 3.63) is 69.0 Å². The van der Waals surface area contributed by atoms with Gasteiger partial charge in [0.2, 0.25) is 5.78 Å². The number of hydrogen-bond acceptors (Lipinski definition) is 7. The topological polar surface area (TPSA) is 132 Å². The Bertz CT molecular complexity index is 1690. The van der Waals surface area contributed by atoms with Gasteiger partial charge >= 0.3 is 0 Å². The number of Topliss-reactive ketones (excluding diaryl/α,β-unsaturated/α-hetero) is 3. The molecular formula is C36H42O7. The number of aromatic hydroxyl groups is 1. The van der Waals surface area contributed by atoms with Crippen molar-refractivity contribution in [2.75, 3.05) is 0 Å². The van der Waals surface area contributed by atoms with Crippen LogP contribution in [0.25, 0.3) is 16.9 Å². The first-order valence-corrected chi connectivity index (χ1v) is 15.0. The van der Waals surface area contributed by atoms with Gasteiger partial charge in [0.1, 0.15) is 22.8 Å². The van der Waals surface area contributed by atoms with Crippen LogP contribution in [-0.4, -0.2) is 43.4 Å². The Morgan fingerprint density at radius 3 is 2.14 bits per heavy atom. The summed E-state index contributed by atoms with van der Waals surface area (Å²) in [7, 11) is 0. The Morgan fingerprint density at radius 1 is 0.977 bits per heavy atom. The Hall–Kier alpha value is -3.71. The summed E-state index contributed by atoms with van der Waals surface area (Å²) in [5, 5.41) is 47.4. The van der Waals surface area contributed by atoms with Crippen LogP contribution in [0.4, 0.5) is 0 Å². The number of rotatable bonds is 4. The molecule has 2 aromatic rings. The fraction of sp³-hybridized carbons (Fsp3) is 0.472. The molecule has 0 radical (unpaired) electrons. The molecule has 3 aliphatic rings. The molecule has 0 bridgehead atoms. The van der Waals surface area contributed by atoms with E-state index in [2.05, 4.69) is 0 Å². The predicted molar refractivity (Wildman–Crippen MR) is 165 cm³/mol. The lowest BCUT2D eigenvalue weighted by molar-refractivity contribution is -0.178. The molecule has 43 heavy (non-hydrogen) atoms. The number of allylic oxidation sites excluding steroid dienone is 1.